The lowest BCUT2D eigenvalue weighted by molar-refractivity contribution is -0.146. The van der Waals surface area contributed by atoms with E-state index in [0.717, 1.165) is 18.7 Å². The highest BCUT2D eigenvalue weighted by molar-refractivity contribution is 5.87. The van der Waals surface area contributed by atoms with Crippen LogP contribution in [-0.4, -0.2) is 53.2 Å². The van der Waals surface area contributed by atoms with Crippen LogP contribution in [0.25, 0.3) is 0 Å². The molecule has 2 heterocycles. The second-order valence-corrected chi connectivity index (χ2v) is 5.38. The monoisotopic (exact) mass is 294 g/mol. The molecule has 0 radical (unpaired) electrons. The normalized spacial score (nSPS) is 22.9. The third-order valence-corrected chi connectivity index (χ3v) is 3.79. The van der Waals surface area contributed by atoms with Gasteiger partial charge in [-0.3, -0.25) is 14.5 Å². The summed E-state index contributed by atoms with van der Waals surface area (Å²) >= 11 is 0. The molecule has 0 aromatic carbocycles. The van der Waals surface area contributed by atoms with Crippen LogP contribution < -0.4 is 5.32 Å². The van der Waals surface area contributed by atoms with Gasteiger partial charge in [-0.15, -0.1) is 0 Å². The Morgan fingerprint density at radius 3 is 3.05 bits per heavy atom. The molecule has 3 rings (SSSR count). The van der Waals surface area contributed by atoms with Gasteiger partial charge in [-0.25, -0.2) is 0 Å². The Kier molecular flexibility index (Phi) is 3.87. The van der Waals surface area contributed by atoms with Gasteiger partial charge in [-0.2, -0.15) is 4.98 Å². The summed E-state index contributed by atoms with van der Waals surface area (Å²) in [5.74, 6) is 1.08. The average molecular weight is 294 g/mol. The third kappa shape index (κ3) is 3.21. The Bertz CT molecular complexity index is 540. The number of rotatable bonds is 5. The molecule has 2 fully saturated rings. The molecule has 1 amide bonds. The zero-order valence-electron chi connectivity index (χ0n) is 11.9. The van der Waals surface area contributed by atoms with E-state index in [1.807, 2.05) is 4.90 Å². The lowest BCUT2D eigenvalue weighted by Gasteiger charge is -2.33. The van der Waals surface area contributed by atoms with Crippen LogP contribution in [0, 0.1) is 0 Å². The van der Waals surface area contributed by atoms with Crippen LogP contribution in [0.5, 0.6) is 0 Å². The first-order valence-electron chi connectivity index (χ1n) is 7.08. The molecule has 1 aliphatic carbocycles. The van der Waals surface area contributed by atoms with Gasteiger partial charge in [0.15, 0.2) is 5.82 Å². The van der Waals surface area contributed by atoms with Crippen molar-refractivity contribution in [3.05, 3.63) is 11.7 Å². The highest BCUT2D eigenvalue weighted by Gasteiger charge is 2.34. The second-order valence-electron chi connectivity index (χ2n) is 5.38. The van der Waals surface area contributed by atoms with Crippen LogP contribution in [0.4, 0.5) is 0 Å². The summed E-state index contributed by atoms with van der Waals surface area (Å²) < 4.78 is 9.88. The van der Waals surface area contributed by atoms with Crippen LogP contribution in [0.2, 0.25) is 0 Å². The first-order chi connectivity index (χ1) is 10.2. The van der Waals surface area contributed by atoms with E-state index in [4.69, 9.17) is 4.52 Å². The smallest absolute Gasteiger partial charge is 0.307 e. The molecule has 0 unspecified atom stereocenters. The summed E-state index contributed by atoms with van der Waals surface area (Å²) in [4.78, 5) is 29.6. The van der Waals surface area contributed by atoms with Crippen LogP contribution >= 0.6 is 0 Å². The molecule has 8 nitrogen and oxygen atoms in total. The zero-order valence-corrected chi connectivity index (χ0v) is 11.9. The highest BCUT2D eigenvalue weighted by Crippen LogP contribution is 2.38. The minimum absolute atomic E-state index is 0.0198. The van der Waals surface area contributed by atoms with Crippen molar-refractivity contribution < 1.29 is 18.8 Å². The molecule has 1 saturated heterocycles. The molecule has 2 aliphatic rings. The van der Waals surface area contributed by atoms with E-state index >= 15 is 0 Å². The number of carbonyl (C=O) groups excluding carboxylic acids is 2. The van der Waals surface area contributed by atoms with E-state index in [1.54, 1.807) is 0 Å². The lowest BCUT2D eigenvalue weighted by Crippen LogP contribution is -2.55. The van der Waals surface area contributed by atoms with Gasteiger partial charge in [0.1, 0.15) is 6.04 Å². The van der Waals surface area contributed by atoms with Crippen molar-refractivity contribution in [3.63, 3.8) is 0 Å². The number of amides is 1. The molecule has 1 atom stereocenters. The maximum Gasteiger partial charge on any atom is 0.307 e. The van der Waals surface area contributed by atoms with E-state index < -0.39 is 12.0 Å². The maximum absolute atomic E-state index is 11.9. The highest BCUT2D eigenvalue weighted by atomic mass is 16.5. The molecule has 1 aliphatic heterocycles. The minimum Gasteiger partial charge on any atom is -0.469 e. The summed E-state index contributed by atoms with van der Waals surface area (Å²) in [6, 6.07) is -0.553. The fraction of sp³-hybridized carbons (Fsp3) is 0.692. The van der Waals surface area contributed by atoms with Gasteiger partial charge in [0.05, 0.1) is 20.1 Å². The number of hydrogen-bond donors (Lipinski definition) is 1. The predicted octanol–water partition coefficient (Wildman–Crippen LogP) is -0.189. The number of hydrogen-bond acceptors (Lipinski definition) is 7. The van der Waals surface area contributed by atoms with Crippen LogP contribution in [0.1, 0.15) is 36.9 Å². The SMILES string of the molecule is COC(=O)C[C@H]1C(=O)NCCN1Cc1nc(C2CC2)no1. The summed E-state index contributed by atoms with van der Waals surface area (Å²) in [5, 5.41) is 6.72. The molecule has 114 valence electrons. The summed E-state index contributed by atoms with van der Waals surface area (Å²) in [5.41, 5.74) is 0. The fourth-order valence-electron chi connectivity index (χ4n) is 2.43. The fourth-order valence-corrected chi connectivity index (χ4v) is 2.43. The number of piperazine rings is 1. The first kappa shape index (κ1) is 14.0. The number of esters is 1. The van der Waals surface area contributed by atoms with Gasteiger partial charge in [-0.05, 0) is 12.8 Å². The number of nitrogens with zero attached hydrogens (tertiary/aromatic N) is 3. The van der Waals surface area contributed by atoms with Gasteiger partial charge in [0.25, 0.3) is 0 Å². The van der Waals surface area contributed by atoms with Crippen molar-refractivity contribution >= 4 is 11.9 Å². The van der Waals surface area contributed by atoms with Gasteiger partial charge < -0.3 is 14.6 Å². The van der Waals surface area contributed by atoms with Gasteiger partial charge in [0, 0.05) is 19.0 Å². The Labute approximate surface area is 121 Å². The van der Waals surface area contributed by atoms with Crippen molar-refractivity contribution in [2.75, 3.05) is 20.2 Å². The van der Waals surface area contributed by atoms with Crippen LogP contribution in [0.3, 0.4) is 0 Å². The first-order valence-corrected chi connectivity index (χ1v) is 7.08. The lowest BCUT2D eigenvalue weighted by atomic mass is 10.1. The Morgan fingerprint density at radius 2 is 2.33 bits per heavy atom. The van der Waals surface area contributed by atoms with Gasteiger partial charge >= 0.3 is 5.97 Å². The number of methoxy groups -OCH3 is 1. The van der Waals surface area contributed by atoms with E-state index in [9.17, 15) is 9.59 Å². The Balaban J connectivity index is 1.67. The van der Waals surface area contributed by atoms with Crippen molar-refractivity contribution in [3.8, 4) is 0 Å². The molecule has 1 aromatic rings. The summed E-state index contributed by atoms with van der Waals surface area (Å²) in [6.07, 6.45) is 2.23. The Hall–Kier alpha value is -1.96. The zero-order chi connectivity index (χ0) is 14.8. The number of nitrogens with one attached hydrogen (secondary N) is 1. The summed E-state index contributed by atoms with van der Waals surface area (Å²) in [6.45, 7) is 1.55. The molecular weight excluding hydrogens is 276 g/mol. The van der Waals surface area contributed by atoms with Crippen LogP contribution in [0.15, 0.2) is 4.52 Å². The van der Waals surface area contributed by atoms with Crippen molar-refractivity contribution in [2.45, 2.75) is 37.8 Å². The summed E-state index contributed by atoms with van der Waals surface area (Å²) in [7, 11) is 1.31. The molecule has 1 N–H and O–H groups in total. The predicted molar refractivity (Wildman–Crippen MR) is 70.1 cm³/mol. The van der Waals surface area contributed by atoms with Crippen molar-refractivity contribution in [1.29, 1.82) is 0 Å². The number of ether oxygens (including phenoxy) is 1. The van der Waals surface area contributed by atoms with E-state index in [0.29, 0.717) is 31.4 Å². The van der Waals surface area contributed by atoms with E-state index in [2.05, 4.69) is 20.2 Å². The minimum atomic E-state index is -0.553. The third-order valence-electron chi connectivity index (χ3n) is 3.79. The van der Waals surface area contributed by atoms with Crippen LogP contribution in [-0.2, 0) is 20.9 Å². The largest absolute Gasteiger partial charge is 0.469 e. The molecule has 1 aromatic heterocycles. The topological polar surface area (TPSA) is 97.6 Å². The molecule has 0 bridgehead atoms. The Morgan fingerprint density at radius 1 is 1.52 bits per heavy atom. The number of aromatic nitrogens is 2. The molecule has 0 spiro atoms. The average Bonchev–Trinajstić information content (AvgIpc) is 3.23. The molecule has 8 heteroatoms. The standard InChI is InChI=1S/C13H18N4O4/c1-20-11(18)6-9-13(19)14-4-5-17(9)7-10-15-12(16-21-10)8-2-3-8/h8-9H,2-7H2,1H3,(H,14,19)/t9-/m0/s1. The molecule has 1 saturated carbocycles. The quantitative estimate of drug-likeness (QED) is 0.752. The van der Waals surface area contributed by atoms with Crippen molar-refractivity contribution in [1.82, 2.24) is 20.4 Å². The van der Waals surface area contributed by atoms with Crippen molar-refractivity contribution in [2.24, 2.45) is 0 Å². The van der Waals surface area contributed by atoms with Gasteiger partial charge in [-0.1, -0.05) is 5.16 Å². The molecular formula is C13H18N4O4. The molecule has 21 heavy (non-hydrogen) atoms. The van der Waals surface area contributed by atoms with E-state index in [-0.39, 0.29) is 12.3 Å². The van der Waals surface area contributed by atoms with Gasteiger partial charge in [0.2, 0.25) is 11.8 Å². The second kappa shape index (κ2) is 5.80. The van der Waals surface area contributed by atoms with E-state index in [1.165, 1.54) is 7.11 Å². The maximum atomic E-state index is 11.9. The number of carbonyl (C=O) groups is 2.